The zero-order valence-corrected chi connectivity index (χ0v) is 15.6. The lowest BCUT2D eigenvalue weighted by Crippen LogP contribution is -2.42. The molecule has 0 aromatic heterocycles. The lowest BCUT2D eigenvalue weighted by molar-refractivity contribution is -0.132. The molecule has 1 N–H and O–H groups in total. The van der Waals surface area contributed by atoms with Gasteiger partial charge in [-0.2, -0.15) is 5.26 Å². The first-order valence-corrected chi connectivity index (χ1v) is 8.35. The van der Waals surface area contributed by atoms with Crippen LogP contribution in [0.1, 0.15) is 26.3 Å². The highest BCUT2D eigenvalue weighted by molar-refractivity contribution is 5.94. The number of amides is 2. The maximum Gasteiger partial charge on any atom is 0.247 e. The summed E-state index contributed by atoms with van der Waals surface area (Å²) in [5.41, 5.74) is 0.738. The zero-order chi connectivity index (χ0) is 19.5. The smallest absolute Gasteiger partial charge is 0.247 e. The molecular formula is C19H25N3O4. The van der Waals surface area contributed by atoms with Crippen molar-refractivity contribution in [2.45, 2.75) is 26.8 Å². The molecular weight excluding hydrogens is 334 g/mol. The number of carbonyl (C=O) groups is 2. The van der Waals surface area contributed by atoms with Crippen molar-refractivity contribution in [3.05, 3.63) is 29.8 Å². The van der Waals surface area contributed by atoms with Gasteiger partial charge in [-0.05, 0) is 44.5 Å². The van der Waals surface area contributed by atoms with E-state index in [1.807, 2.05) is 26.8 Å². The Morgan fingerprint density at radius 2 is 2.08 bits per heavy atom. The van der Waals surface area contributed by atoms with Crippen molar-refractivity contribution in [1.82, 2.24) is 10.2 Å². The predicted octanol–water partition coefficient (Wildman–Crippen LogP) is 1.98. The normalized spacial score (nSPS) is 10.5. The van der Waals surface area contributed by atoms with Crippen LogP contribution in [0.4, 0.5) is 0 Å². The molecule has 0 aliphatic heterocycles. The topological polar surface area (TPSA) is 91.7 Å². The van der Waals surface area contributed by atoms with E-state index in [0.717, 1.165) is 5.56 Å². The number of benzene rings is 1. The maximum absolute atomic E-state index is 12.3. The van der Waals surface area contributed by atoms with Gasteiger partial charge in [0.2, 0.25) is 11.8 Å². The minimum Gasteiger partial charge on any atom is -0.493 e. The van der Waals surface area contributed by atoms with Gasteiger partial charge in [0.05, 0.1) is 13.7 Å². The van der Waals surface area contributed by atoms with Gasteiger partial charge in [-0.15, -0.1) is 0 Å². The summed E-state index contributed by atoms with van der Waals surface area (Å²) in [6, 6.07) is 7.05. The summed E-state index contributed by atoms with van der Waals surface area (Å²) >= 11 is 0. The molecule has 0 spiro atoms. The number of nitrogens with zero attached hydrogens (tertiary/aromatic N) is 2. The molecule has 0 aliphatic rings. The van der Waals surface area contributed by atoms with Gasteiger partial charge < -0.3 is 19.7 Å². The van der Waals surface area contributed by atoms with Crippen LogP contribution in [0.25, 0.3) is 6.08 Å². The molecule has 0 bridgehead atoms. The molecule has 0 radical (unpaired) electrons. The number of likely N-dealkylation sites (N-methyl/N-ethyl adjacent to an activating group) is 1. The monoisotopic (exact) mass is 359 g/mol. The van der Waals surface area contributed by atoms with Crippen LogP contribution in [0, 0.1) is 11.3 Å². The molecule has 0 saturated heterocycles. The summed E-state index contributed by atoms with van der Waals surface area (Å²) in [5, 5.41) is 11.3. The number of carbonyl (C=O) groups excluding carboxylic acids is 2. The number of nitrogens with one attached hydrogen (secondary N) is 1. The minimum absolute atomic E-state index is 0.0160. The molecule has 0 aliphatic carbocycles. The number of hydrogen-bond donors (Lipinski definition) is 1. The van der Waals surface area contributed by atoms with Crippen molar-refractivity contribution in [1.29, 1.82) is 5.26 Å². The molecule has 2 amide bonds. The quantitative estimate of drug-likeness (QED) is 0.681. The summed E-state index contributed by atoms with van der Waals surface area (Å²) in [6.45, 7) is 5.92. The Kier molecular flexibility index (Phi) is 8.71. The van der Waals surface area contributed by atoms with Crippen molar-refractivity contribution >= 4 is 17.9 Å². The van der Waals surface area contributed by atoms with Crippen LogP contribution < -0.4 is 14.8 Å². The van der Waals surface area contributed by atoms with Crippen LogP contribution in [0.3, 0.4) is 0 Å². The van der Waals surface area contributed by atoms with Crippen molar-refractivity contribution < 1.29 is 19.1 Å². The third kappa shape index (κ3) is 6.85. The molecule has 140 valence electrons. The number of rotatable bonds is 9. The number of methoxy groups -OCH3 is 1. The zero-order valence-electron chi connectivity index (χ0n) is 15.6. The van der Waals surface area contributed by atoms with E-state index >= 15 is 0 Å². The van der Waals surface area contributed by atoms with E-state index in [9.17, 15) is 9.59 Å². The number of ether oxygens (including phenoxy) is 2. The van der Waals surface area contributed by atoms with Crippen LogP contribution in [0.5, 0.6) is 11.5 Å². The molecule has 0 fully saturated rings. The first-order valence-electron chi connectivity index (χ1n) is 8.35. The Morgan fingerprint density at radius 1 is 1.35 bits per heavy atom. The second-order valence-corrected chi connectivity index (χ2v) is 5.77. The van der Waals surface area contributed by atoms with E-state index < -0.39 is 0 Å². The van der Waals surface area contributed by atoms with E-state index in [1.54, 1.807) is 24.3 Å². The summed E-state index contributed by atoms with van der Waals surface area (Å²) in [7, 11) is 1.50. The van der Waals surface area contributed by atoms with Crippen molar-refractivity contribution in [2.75, 3.05) is 26.8 Å². The van der Waals surface area contributed by atoms with Gasteiger partial charge >= 0.3 is 0 Å². The standard InChI is InChI=1S/C19H25N3O4/c1-5-22(13-18(23)21-14(2)3)19(24)9-7-15-6-8-16(26-11-10-20)17(12-15)25-4/h6-9,12,14H,5,11,13H2,1-4H3,(H,21,23)/b9-7+. The fourth-order valence-corrected chi connectivity index (χ4v) is 2.18. The van der Waals surface area contributed by atoms with Crippen LogP contribution in [0.15, 0.2) is 24.3 Å². The van der Waals surface area contributed by atoms with E-state index in [2.05, 4.69) is 5.32 Å². The van der Waals surface area contributed by atoms with E-state index in [4.69, 9.17) is 14.7 Å². The molecule has 0 heterocycles. The SMILES string of the molecule is CCN(CC(=O)NC(C)C)C(=O)/C=C/c1ccc(OCC#N)c(OC)c1. The lowest BCUT2D eigenvalue weighted by Gasteiger charge is -2.19. The summed E-state index contributed by atoms with van der Waals surface area (Å²) in [6.07, 6.45) is 3.05. The third-order valence-electron chi connectivity index (χ3n) is 3.38. The van der Waals surface area contributed by atoms with Gasteiger partial charge in [-0.25, -0.2) is 0 Å². The van der Waals surface area contributed by atoms with Crippen LogP contribution in [0.2, 0.25) is 0 Å². The average molecular weight is 359 g/mol. The van der Waals surface area contributed by atoms with Gasteiger partial charge in [0.1, 0.15) is 6.07 Å². The Balaban J connectivity index is 2.79. The largest absolute Gasteiger partial charge is 0.493 e. The molecule has 0 atom stereocenters. The highest BCUT2D eigenvalue weighted by Gasteiger charge is 2.13. The molecule has 1 rings (SSSR count). The molecule has 7 nitrogen and oxygen atoms in total. The molecule has 0 saturated carbocycles. The lowest BCUT2D eigenvalue weighted by atomic mass is 10.2. The van der Waals surface area contributed by atoms with Gasteiger partial charge in [0, 0.05) is 18.7 Å². The van der Waals surface area contributed by atoms with Gasteiger partial charge in [-0.1, -0.05) is 6.07 Å². The number of nitriles is 1. The van der Waals surface area contributed by atoms with Gasteiger partial charge in [0.25, 0.3) is 0 Å². The van der Waals surface area contributed by atoms with Gasteiger partial charge in [0.15, 0.2) is 18.1 Å². The molecule has 26 heavy (non-hydrogen) atoms. The van der Waals surface area contributed by atoms with Crippen LogP contribution in [-0.4, -0.2) is 49.6 Å². The van der Waals surface area contributed by atoms with E-state index in [-0.39, 0.29) is 31.0 Å². The fourth-order valence-electron chi connectivity index (χ4n) is 2.18. The highest BCUT2D eigenvalue weighted by Crippen LogP contribution is 2.28. The Bertz CT molecular complexity index is 693. The van der Waals surface area contributed by atoms with Crippen molar-refractivity contribution in [2.24, 2.45) is 0 Å². The Labute approximate surface area is 154 Å². The molecule has 0 unspecified atom stereocenters. The second-order valence-electron chi connectivity index (χ2n) is 5.77. The Morgan fingerprint density at radius 3 is 2.65 bits per heavy atom. The summed E-state index contributed by atoms with van der Waals surface area (Å²) in [4.78, 5) is 25.6. The minimum atomic E-state index is -0.254. The maximum atomic E-state index is 12.3. The van der Waals surface area contributed by atoms with Gasteiger partial charge in [-0.3, -0.25) is 9.59 Å². The third-order valence-corrected chi connectivity index (χ3v) is 3.38. The highest BCUT2D eigenvalue weighted by atomic mass is 16.5. The summed E-state index contributed by atoms with van der Waals surface area (Å²) in [5.74, 6) is 0.482. The van der Waals surface area contributed by atoms with E-state index in [0.29, 0.717) is 18.0 Å². The average Bonchev–Trinajstić information content (AvgIpc) is 2.61. The molecule has 1 aromatic carbocycles. The van der Waals surface area contributed by atoms with Crippen LogP contribution >= 0.6 is 0 Å². The first kappa shape index (κ1) is 21.0. The first-order chi connectivity index (χ1) is 12.4. The van der Waals surface area contributed by atoms with Crippen molar-refractivity contribution in [3.8, 4) is 17.6 Å². The number of hydrogen-bond acceptors (Lipinski definition) is 5. The summed E-state index contributed by atoms with van der Waals surface area (Å²) < 4.78 is 10.5. The molecule has 7 heteroatoms. The fraction of sp³-hybridized carbons (Fsp3) is 0.421. The second kappa shape index (κ2) is 10.8. The van der Waals surface area contributed by atoms with E-state index in [1.165, 1.54) is 18.1 Å². The molecule has 1 aromatic rings. The Hall–Kier alpha value is -3.01. The van der Waals surface area contributed by atoms with Crippen molar-refractivity contribution in [3.63, 3.8) is 0 Å². The predicted molar refractivity (Wildman–Crippen MR) is 98.7 cm³/mol. The van der Waals surface area contributed by atoms with Crippen LogP contribution in [-0.2, 0) is 9.59 Å².